The molecule has 0 aliphatic rings. The predicted octanol–water partition coefficient (Wildman–Crippen LogP) is 5.24. The zero-order chi connectivity index (χ0) is 14.8. The first kappa shape index (κ1) is 20.1. The minimum atomic E-state index is -0.833. The summed E-state index contributed by atoms with van der Waals surface area (Å²) in [6, 6.07) is 0. The van der Waals surface area contributed by atoms with E-state index < -0.39 is 5.97 Å². The summed E-state index contributed by atoms with van der Waals surface area (Å²) in [4.78, 5) is 9.00. The van der Waals surface area contributed by atoms with E-state index in [0.717, 1.165) is 19.6 Å². The van der Waals surface area contributed by atoms with E-state index in [1.807, 2.05) is 6.08 Å². The molecule has 0 saturated heterocycles. The predicted molar refractivity (Wildman–Crippen MR) is 81.4 cm³/mol. The van der Waals surface area contributed by atoms with E-state index in [0.29, 0.717) is 0 Å². The molecule has 0 aromatic heterocycles. The van der Waals surface area contributed by atoms with Crippen LogP contribution < -0.4 is 0 Å². The van der Waals surface area contributed by atoms with Crippen molar-refractivity contribution in [2.75, 3.05) is 0 Å². The molecule has 0 radical (unpaired) electrons. The van der Waals surface area contributed by atoms with Gasteiger partial charge in [0.15, 0.2) is 0 Å². The van der Waals surface area contributed by atoms with Gasteiger partial charge in [0.25, 0.3) is 5.97 Å². The minimum Gasteiger partial charge on any atom is -0.516 e. The summed E-state index contributed by atoms with van der Waals surface area (Å²) >= 11 is 0. The van der Waals surface area contributed by atoms with Crippen LogP contribution in [-0.4, -0.2) is 16.2 Å². The number of carboxylic acids is 1. The van der Waals surface area contributed by atoms with Crippen molar-refractivity contribution in [2.24, 2.45) is 0 Å². The van der Waals surface area contributed by atoms with Crippen LogP contribution in [0.3, 0.4) is 0 Å². The fourth-order valence-electron chi connectivity index (χ4n) is 1.62. The first-order valence-electron chi connectivity index (χ1n) is 7.30. The molecular formula is C16H30O3. The summed E-state index contributed by atoms with van der Waals surface area (Å²) in [5.74, 6) is -0.833. The van der Waals surface area contributed by atoms with Gasteiger partial charge in [-0.1, -0.05) is 64.0 Å². The van der Waals surface area contributed by atoms with Crippen molar-refractivity contribution < 1.29 is 15.0 Å². The molecule has 0 saturated carbocycles. The summed E-state index contributed by atoms with van der Waals surface area (Å²) in [6.45, 7) is 3.34. The summed E-state index contributed by atoms with van der Waals surface area (Å²) in [5, 5.41) is 15.8. The SMILES string of the molecule is CC(=O)O.CCCCCCCCCCC=CC=CO. The monoisotopic (exact) mass is 270 g/mol. The molecule has 3 nitrogen and oxygen atoms in total. The highest BCUT2D eigenvalue weighted by atomic mass is 16.4. The summed E-state index contributed by atoms with van der Waals surface area (Å²) in [7, 11) is 0. The Hall–Kier alpha value is -1.25. The summed E-state index contributed by atoms with van der Waals surface area (Å²) in [6.07, 6.45) is 18.9. The van der Waals surface area contributed by atoms with Gasteiger partial charge in [-0.05, 0) is 18.9 Å². The zero-order valence-corrected chi connectivity index (χ0v) is 12.5. The molecule has 0 aliphatic carbocycles. The van der Waals surface area contributed by atoms with E-state index in [1.165, 1.54) is 51.4 Å². The molecule has 0 amide bonds. The van der Waals surface area contributed by atoms with Crippen molar-refractivity contribution in [1.82, 2.24) is 0 Å². The minimum absolute atomic E-state index is 0.833. The Balaban J connectivity index is 0. The van der Waals surface area contributed by atoms with Gasteiger partial charge >= 0.3 is 0 Å². The Morgan fingerprint density at radius 1 is 0.947 bits per heavy atom. The van der Waals surface area contributed by atoms with Gasteiger partial charge in [-0.25, -0.2) is 0 Å². The fraction of sp³-hybridized carbons (Fsp3) is 0.688. The lowest BCUT2D eigenvalue weighted by Crippen LogP contribution is -1.79. The highest BCUT2D eigenvalue weighted by molar-refractivity contribution is 5.62. The molecule has 0 spiro atoms. The van der Waals surface area contributed by atoms with E-state index in [-0.39, 0.29) is 0 Å². The van der Waals surface area contributed by atoms with Crippen molar-refractivity contribution in [3.05, 3.63) is 24.5 Å². The van der Waals surface area contributed by atoms with Gasteiger partial charge < -0.3 is 10.2 Å². The maximum Gasteiger partial charge on any atom is 0.300 e. The van der Waals surface area contributed by atoms with Gasteiger partial charge in [0.2, 0.25) is 0 Å². The van der Waals surface area contributed by atoms with Gasteiger partial charge in [0.05, 0.1) is 6.26 Å². The molecule has 0 bridgehead atoms. The molecule has 0 fully saturated rings. The molecule has 0 aromatic rings. The number of carbonyl (C=O) groups is 1. The maximum absolute atomic E-state index is 9.00. The number of aliphatic hydroxyl groups excluding tert-OH is 1. The number of unbranched alkanes of at least 4 members (excludes halogenated alkanes) is 8. The number of allylic oxidation sites excluding steroid dienone is 3. The molecule has 19 heavy (non-hydrogen) atoms. The molecule has 3 heteroatoms. The number of aliphatic carboxylic acids is 1. The Kier molecular flexibility index (Phi) is 20.2. The Morgan fingerprint density at radius 2 is 1.42 bits per heavy atom. The quantitative estimate of drug-likeness (QED) is 0.324. The first-order valence-corrected chi connectivity index (χ1v) is 7.30. The molecular weight excluding hydrogens is 240 g/mol. The third-order valence-electron chi connectivity index (χ3n) is 2.56. The second-order valence-electron chi connectivity index (χ2n) is 4.55. The second-order valence-corrected chi connectivity index (χ2v) is 4.55. The first-order chi connectivity index (χ1) is 9.15. The lowest BCUT2D eigenvalue weighted by molar-refractivity contribution is -0.134. The summed E-state index contributed by atoms with van der Waals surface area (Å²) in [5.41, 5.74) is 0. The molecule has 0 heterocycles. The largest absolute Gasteiger partial charge is 0.516 e. The standard InChI is InChI=1S/C14H26O.C2H4O2/c1-2-3-4-5-6-7-8-9-10-11-12-13-14-15;1-2(3)4/h11-15H,2-10H2,1H3;1H3,(H,3,4). The van der Waals surface area contributed by atoms with E-state index in [1.54, 1.807) is 6.08 Å². The lowest BCUT2D eigenvalue weighted by Gasteiger charge is -1.99. The lowest BCUT2D eigenvalue weighted by atomic mass is 10.1. The van der Waals surface area contributed by atoms with E-state index in [4.69, 9.17) is 15.0 Å². The second kappa shape index (κ2) is 19.1. The van der Waals surface area contributed by atoms with Crippen molar-refractivity contribution in [1.29, 1.82) is 0 Å². The van der Waals surface area contributed by atoms with Crippen LogP contribution in [0.15, 0.2) is 24.5 Å². The molecule has 0 rings (SSSR count). The zero-order valence-electron chi connectivity index (χ0n) is 12.5. The van der Waals surface area contributed by atoms with Crippen LogP contribution in [0.25, 0.3) is 0 Å². The Morgan fingerprint density at radius 3 is 1.89 bits per heavy atom. The molecule has 0 aromatic carbocycles. The van der Waals surface area contributed by atoms with Crippen LogP contribution in [0.2, 0.25) is 0 Å². The molecule has 2 N–H and O–H groups in total. The third-order valence-corrected chi connectivity index (χ3v) is 2.56. The average molecular weight is 270 g/mol. The van der Waals surface area contributed by atoms with Gasteiger partial charge in [0.1, 0.15) is 0 Å². The average Bonchev–Trinajstić information content (AvgIpc) is 2.35. The number of hydrogen-bond acceptors (Lipinski definition) is 2. The number of rotatable bonds is 10. The third kappa shape index (κ3) is 31.5. The highest BCUT2D eigenvalue weighted by Gasteiger charge is 1.89. The van der Waals surface area contributed by atoms with Crippen LogP contribution in [0.4, 0.5) is 0 Å². The number of carboxylic acid groups (broad SMARTS) is 1. The normalized spacial score (nSPS) is 10.6. The smallest absolute Gasteiger partial charge is 0.300 e. The van der Waals surface area contributed by atoms with E-state index in [2.05, 4.69) is 13.0 Å². The molecule has 112 valence electrons. The number of hydrogen-bond donors (Lipinski definition) is 2. The Labute approximate surface area is 118 Å². The van der Waals surface area contributed by atoms with Gasteiger partial charge in [0, 0.05) is 6.92 Å². The highest BCUT2D eigenvalue weighted by Crippen LogP contribution is 2.09. The van der Waals surface area contributed by atoms with Gasteiger partial charge in [-0.15, -0.1) is 0 Å². The maximum atomic E-state index is 9.00. The van der Waals surface area contributed by atoms with Crippen molar-refractivity contribution in [3.8, 4) is 0 Å². The summed E-state index contributed by atoms with van der Waals surface area (Å²) < 4.78 is 0. The van der Waals surface area contributed by atoms with E-state index >= 15 is 0 Å². The molecule has 0 atom stereocenters. The topological polar surface area (TPSA) is 57.5 Å². The van der Waals surface area contributed by atoms with Crippen LogP contribution in [0.1, 0.15) is 71.6 Å². The van der Waals surface area contributed by atoms with Crippen LogP contribution >= 0.6 is 0 Å². The van der Waals surface area contributed by atoms with Crippen LogP contribution in [-0.2, 0) is 4.79 Å². The van der Waals surface area contributed by atoms with Crippen molar-refractivity contribution in [3.63, 3.8) is 0 Å². The number of aliphatic hydroxyl groups is 1. The molecule has 0 aliphatic heterocycles. The van der Waals surface area contributed by atoms with E-state index in [9.17, 15) is 0 Å². The van der Waals surface area contributed by atoms with Crippen molar-refractivity contribution in [2.45, 2.75) is 71.6 Å². The fourth-order valence-corrected chi connectivity index (χ4v) is 1.62. The van der Waals surface area contributed by atoms with Crippen LogP contribution in [0, 0.1) is 0 Å². The Bertz CT molecular complexity index is 228. The van der Waals surface area contributed by atoms with Crippen LogP contribution in [0.5, 0.6) is 0 Å². The van der Waals surface area contributed by atoms with Crippen molar-refractivity contribution >= 4 is 5.97 Å². The van der Waals surface area contributed by atoms with Gasteiger partial charge in [-0.2, -0.15) is 0 Å². The van der Waals surface area contributed by atoms with Gasteiger partial charge in [-0.3, -0.25) is 4.79 Å². The molecule has 0 unspecified atom stereocenters.